The van der Waals surface area contributed by atoms with E-state index in [0.29, 0.717) is 17.1 Å². The monoisotopic (exact) mass is 243 g/mol. The smallest absolute Gasteiger partial charge is 0.228 e. The molecule has 1 rings (SSSR count). The maximum absolute atomic E-state index is 8.94. The molecule has 1 atom stereocenters. The van der Waals surface area contributed by atoms with Crippen molar-refractivity contribution in [3.8, 4) is 0 Å². The molecule has 16 heavy (non-hydrogen) atoms. The first-order valence-electron chi connectivity index (χ1n) is 5.11. The predicted molar refractivity (Wildman–Crippen MR) is 65.9 cm³/mol. The van der Waals surface area contributed by atoms with E-state index >= 15 is 0 Å². The molecule has 0 aliphatic carbocycles. The van der Waals surface area contributed by atoms with Crippen molar-refractivity contribution >= 4 is 23.7 Å². The Hall–Kier alpha value is -1.08. The average Bonchev–Trinajstić information content (AvgIpc) is 2.29. The number of nitrogens with zero attached hydrogens (tertiary/aromatic N) is 3. The van der Waals surface area contributed by atoms with E-state index in [0.717, 1.165) is 6.54 Å². The second-order valence-corrected chi connectivity index (χ2v) is 4.00. The molecule has 90 valence electrons. The molecule has 1 unspecified atom stereocenters. The van der Waals surface area contributed by atoms with Crippen molar-refractivity contribution in [1.82, 2.24) is 15.0 Å². The largest absolute Gasteiger partial charge is 0.394 e. The number of aromatic nitrogens is 3. The van der Waals surface area contributed by atoms with E-state index in [1.165, 1.54) is 11.8 Å². The highest BCUT2D eigenvalue weighted by atomic mass is 32.2. The SMILES string of the molecule is CCNc1nc(NC(C)CO)nc(SC)n1. The topological polar surface area (TPSA) is 83.0 Å². The van der Waals surface area contributed by atoms with Crippen LogP contribution in [0.1, 0.15) is 13.8 Å². The summed E-state index contributed by atoms with van der Waals surface area (Å²) in [5, 5.41) is 15.6. The van der Waals surface area contributed by atoms with Crippen molar-refractivity contribution in [3.63, 3.8) is 0 Å². The molecule has 0 bridgehead atoms. The van der Waals surface area contributed by atoms with Crippen LogP contribution in [0.2, 0.25) is 0 Å². The van der Waals surface area contributed by atoms with Gasteiger partial charge in [-0.05, 0) is 20.1 Å². The fraction of sp³-hybridized carbons (Fsp3) is 0.667. The Morgan fingerprint density at radius 3 is 2.56 bits per heavy atom. The van der Waals surface area contributed by atoms with E-state index in [-0.39, 0.29) is 12.6 Å². The molecular weight excluding hydrogens is 226 g/mol. The predicted octanol–water partition coefficient (Wildman–Crippen LogP) is 0.818. The first-order valence-corrected chi connectivity index (χ1v) is 6.33. The first kappa shape index (κ1) is 13.0. The second kappa shape index (κ2) is 6.49. The van der Waals surface area contributed by atoms with Gasteiger partial charge in [-0.25, -0.2) is 0 Å². The Labute approximate surface area is 99.3 Å². The number of hydrogen-bond donors (Lipinski definition) is 3. The van der Waals surface area contributed by atoms with E-state index in [4.69, 9.17) is 5.11 Å². The fourth-order valence-electron chi connectivity index (χ4n) is 1.02. The molecule has 0 amide bonds. The molecule has 1 heterocycles. The van der Waals surface area contributed by atoms with Crippen molar-refractivity contribution in [2.75, 3.05) is 30.0 Å². The van der Waals surface area contributed by atoms with E-state index in [9.17, 15) is 0 Å². The Balaban J connectivity index is 2.85. The minimum Gasteiger partial charge on any atom is -0.394 e. The summed E-state index contributed by atoms with van der Waals surface area (Å²) >= 11 is 1.45. The van der Waals surface area contributed by atoms with Crippen LogP contribution in [0.3, 0.4) is 0 Å². The Morgan fingerprint density at radius 1 is 1.31 bits per heavy atom. The molecule has 0 saturated carbocycles. The van der Waals surface area contributed by atoms with E-state index in [2.05, 4.69) is 25.6 Å². The van der Waals surface area contributed by atoms with Gasteiger partial charge in [0, 0.05) is 12.6 Å². The standard InChI is InChI=1S/C9H17N5OS/c1-4-10-7-12-8(11-6(2)5-15)14-9(13-7)16-3/h6,15H,4-5H2,1-3H3,(H2,10,11,12,13,14). The molecule has 0 radical (unpaired) electrons. The lowest BCUT2D eigenvalue weighted by molar-refractivity contribution is 0.281. The lowest BCUT2D eigenvalue weighted by atomic mass is 10.4. The van der Waals surface area contributed by atoms with Gasteiger partial charge in [0.25, 0.3) is 0 Å². The van der Waals surface area contributed by atoms with Gasteiger partial charge >= 0.3 is 0 Å². The Kier molecular flexibility index (Phi) is 5.27. The molecule has 0 aliphatic heterocycles. The number of thioether (sulfide) groups is 1. The molecule has 3 N–H and O–H groups in total. The molecule has 0 saturated heterocycles. The van der Waals surface area contributed by atoms with Gasteiger partial charge in [-0.15, -0.1) is 0 Å². The van der Waals surface area contributed by atoms with Gasteiger partial charge in [-0.3, -0.25) is 0 Å². The molecular formula is C9H17N5OS. The average molecular weight is 243 g/mol. The lowest BCUT2D eigenvalue weighted by Gasteiger charge is -2.12. The summed E-state index contributed by atoms with van der Waals surface area (Å²) in [4.78, 5) is 12.6. The normalized spacial score (nSPS) is 12.2. The van der Waals surface area contributed by atoms with Crippen LogP contribution < -0.4 is 10.6 Å². The number of anilines is 2. The van der Waals surface area contributed by atoms with Crippen molar-refractivity contribution in [2.24, 2.45) is 0 Å². The van der Waals surface area contributed by atoms with Crippen LogP contribution in [-0.4, -0.2) is 45.5 Å². The molecule has 0 fully saturated rings. The van der Waals surface area contributed by atoms with E-state index in [1.54, 1.807) is 0 Å². The third kappa shape index (κ3) is 3.82. The van der Waals surface area contributed by atoms with Gasteiger partial charge in [0.2, 0.25) is 11.9 Å². The summed E-state index contributed by atoms with van der Waals surface area (Å²) in [6.45, 7) is 4.63. The van der Waals surface area contributed by atoms with Crippen molar-refractivity contribution in [2.45, 2.75) is 25.0 Å². The van der Waals surface area contributed by atoms with E-state index in [1.807, 2.05) is 20.1 Å². The zero-order valence-electron chi connectivity index (χ0n) is 9.69. The third-order valence-corrected chi connectivity index (χ3v) is 2.33. The van der Waals surface area contributed by atoms with Gasteiger partial charge in [0.05, 0.1) is 6.61 Å². The van der Waals surface area contributed by atoms with Crippen LogP contribution in [0.25, 0.3) is 0 Å². The summed E-state index contributed by atoms with van der Waals surface area (Å²) in [5.41, 5.74) is 0. The number of rotatable bonds is 6. The molecule has 1 aromatic heterocycles. The molecule has 0 aliphatic rings. The highest BCUT2D eigenvalue weighted by Crippen LogP contribution is 2.13. The van der Waals surface area contributed by atoms with Gasteiger partial charge in [-0.2, -0.15) is 15.0 Å². The number of nitrogens with one attached hydrogen (secondary N) is 2. The lowest BCUT2D eigenvalue weighted by Crippen LogP contribution is -2.21. The molecule has 0 aromatic carbocycles. The zero-order valence-corrected chi connectivity index (χ0v) is 10.5. The highest BCUT2D eigenvalue weighted by Gasteiger charge is 2.07. The second-order valence-electron chi connectivity index (χ2n) is 3.23. The Morgan fingerprint density at radius 2 is 2.00 bits per heavy atom. The minimum absolute atomic E-state index is 0.0385. The van der Waals surface area contributed by atoms with Crippen LogP contribution >= 0.6 is 11.8 Å². The first-order chi connectivity index (χ1) is 7.69. The number of aliphatic hydroxyl groups excluding tert-OH is 1. The molecule has 0 spiro atoms. The number of aliphatic hydroxyl groups is 1. The summed E-state index contributed by atoms with van der Waals surface area (Å²) < 4.78 is 0. The highest BCUT2D eigenvalue weighted by molar-refractivity contribution is 7.98. The van der Waals surface area contributed by atoms with Crippen LogP contribution in [0.4, 0.5) is 11.9 Å². The molecule has 7 heteroatoms. The van der Waals surface area contributed by atoms with Gasteiger partial charge in [-0.1, -0.05) is 11.8 Å². The van der Waals surface area contributed by atoms with Crippen LogP contribution in [-0.2, 0) is 0 Å². The summed E-state index contributed by atoms with van der Waals surface area (Å²) in [5.74, 6) is 1.03. The van der Waals surface area contributed by atoms with Crippen LogP contribution in [0, 0.1) is 0 Å². The maximum atomic E-state index is 8.94. The van der Waals surface area contributed by atoms with Gasteiger partial charge < -0.3 is 15.7 Å². The summed E-state index contributed by atoms with van der Waals surface area (Å²) in [6, 6.07) is -0.0772. The molecule has 6 nitrogen and oxygen atoms in total. The quantitative estimate of drug-likeness (QED) is 0.638. The third-order valence-electron chi connectivity index (χ3n) is 1.78. The maximum Gasteiger partial charge on any atom is 0.228 e. The van der Waals surface area contributed by atoms with Crippen molar-refractivity contribution in [1.29, 1.82) is 0 Å². The van der Waals surface area contributed by atoms with E-state index < -0.39 is 0 Å². The zero-order chi connectivity index (χ0) is 12.0. The summed E-state index contributed by atoms with van der Waals surface area (Å²) in [7, 11) is 0. The fourth-order valence-corrected chi connectivity index (χ4v) is 1.37. The number of hydrogen-bond acceptors (Lipinski definition) is 7. The van der Waals surface area contributed by atoms with Gasteiger partial charge in [0.15, 0.2) is 5.16 Å². The van der Waals surface area contributed by atoms with Gasteiger partial charge in [0.1, 0.15) is 0 Å². The minimum atomic E-state index is -0.0772. The Bertz CT molecular complexity index is 336. The molecule has 1 aromatic rings. The summed E-state index contributed by atoms with van der Waals surface area (Å²) in [6.07, 6.45) is 1.91. The van der Waals surface area contributed by atoms with Crippen molar-refractivity contribution < 1.29 is 5.11 Å². The van der Waals surface area contributed by atoms with Crippen LogP contribution in [0.5, 0.6) is 0 Å². The van der Waals surface area contributed by atoms with Crippen molar-refractivity contribution in [3.05, 3.63) is 0 Å². The van der Waals surface area contributed by atoms with Crippen LogP contribution in [0.15, 0.2) is 5.16 Å².